The minimum absolute atomic E-state index is 0.804. The average molecular weight is 343 g/mol. The molecule has 0 aliphatic carbocycles. The molecule has 1 fully saturated rings. The number of ether oxygens (including phenoxy) is 2. The normalized spacial score (nSPS) is 19.7. The van der Waals surface area contributed by atoms with Crippen LogP contribution in [0.15, 0.2) is 16.6 Å². The van der Waals surface area contributed by atoms with Crippen LogP contribution in [0.4, 0.5) is 0 Å². The van der Waals surface area contributed by atoms with Crippen molar-refractivity contribution in [2.75, 3.05) is 46.5 Å². The zero-order valence-corrected chi connectivity index (χ0v) is 13.2. The van der Waals surface area contributed by atoms with Gasteiger partial charge in [0, 0.05) is 31.7 Å². The molecule has 0 bridgehead atoms. The van der Waals surface area contributed by atoms with E-state index in [2.05, 4.69) is 26.9 Å². The molecule has 0 amide bonds. The highest BCUT2D eigenvalue weighted by molar-refractivity contribution is 9.10. The molecule has 5 nitrogen and oxygen atoms in total. The van der Waals surface area contributed by atoms with Crippen LogP contribution in [-0.2, 0) is 11.3 Å². The van der Waals surface area contributed by atoms with Crippen LogP contribution in [0.5, 0.6) is 11.5 Å². The Labute approximate surface area is 127 Å². The summed E-state index contributed by atoms with van der Waals surface area (Å²) in [5.74, 6) is 1.69. The van der Waals surface area contributed by atoms with Gasteiger partial charge in [0.05, 0.1) is 26.9 Å². The van der Waals surface area contributed by atoms with Crippen LogP contribution in [-0.4, -0.2) is 56.5 Å². The lowest BCUT2D eigenvalue weighted by molar-refractivity contribution is -0.0556. The number of nitrogens with zero attached hydrogens (tertiary/aromatic N) is 2. The topological polar surface area (TPSA) is 34.2 Å². The molecule has 1 aromatic rings. The van der Waals surface area contributed by atoms with E-state index in [1.54, 1.807) is 7.11 Å². The highest BCUT2D eigenvalue weighted by atomic mass is 79.9. The number of fused-ring (bicyclic) bond motifs is 1. The van der Waals surface area contributed by atoms with Crippen LogP contribution in [0.2, 0.25) is 0 Å². The van der Waals surface area contributed by atoms with E-state index in [4.69, 9.17) is 14.3 Å². The summed E-state index contributed by atoms with van der Waals surface area (Å²) in [5, 5.41) is 2.00. The molecule has 0 atom stereocenters. The predicted octanol–water partition coefficient (Wildman–Crippen LogP) is 1.90. The van der Waals surface area contributed by atoms with Crippen molar-refractivity contribution >= 4 is 15.9 Å². The van der Waals surface area contributed by atoms with Gasteiger partial charge < -0.3 is 14.3 Å². The van der Waals surface area contributed by atoms with Crippen molar-refractivity contribution in [1.29, 1.82) is 0 Å². The first-order chi connectivity index (χ1) is 9.78. The Kier molecular flexibility index (Phi) is 4.45. The maximum Gasteiger partial charge on any atom is 0.170 e. The van der Waals surface area contributed by atoms with Gasteiger partial charge in [-0.25, -0.2) is 0 Å². The summed E-state index contributed by atoms with van der Waals surface area (Å²) in [6.45, 7) is 6.42. The molecule has 2 aliphatic rings. The minimum Gasteiger partial charge on any atom is -0.495 e. The summed E-state index contributed by atoms with van der Waals surface area (Å²) in [6.07, 6.45) is 0. The number of hydroxylamine groups is 2. The highest BCUT2D eigenvalue weighted by Crippen LogP contribution is 2.41. The van der Waals surface area contributed by atoms with Crippen molar-refractivity contribution in [3.8, 4) is 11.5 Å². The summed E-state index contributed by atoms with van der Waals surface area (Å²) in [6, 6.07) is 4.03. The zero-order chi connectivity index (χ0) is 13.9. The van der Waals surface area contributed by atoms with E-state index in [-0.39, 0.29) is 0 Å². The molecule has 0 spiro atoms. The number of benzene rings is 1. The van der Waals surface area contributed by atoms with Crippen LogP contribution >= 0.6 is 15.9 Å². The lowest BCUT2D eigenvalue weighted by atomic mass is 10.2. The molecule has 1 aromatic carbocycles. The SMILES string of the molecule is COc1ccc2c(c1Br)ON(CCN1CCOCC1)C2. The number of morpholine rings is 1. The second kappa shape index (κ2) is 6.30. The Bertz CT molecular complexity index is 478. The molecule has 0 aromatic heterocycles. The smallest absolute Gasteiger partial charge is 0.170 e. The maximum atomic E-state index is 5.92. The average Bonchev–Trinajstić information content (AvgIpc) is 2.91. The fourth-order valence-corrected chi connectivity index (χ4v) is 3.13. The molecule has 0 unspecified atom stereocenters. The Morgan fingerprint density at radius 2 is 2.05 bits per heavy atom. The molecular formula is C14H19BrN2O3. The number of hydrogen-bond acceptors (Lipinski definition) is 5. The highest BCUT2D eigenvalue weighted by Gasteiger charge is 2.25. The molecular weight excluding hydrogens is 324 g/mol. The molecule has 0 radical (unpaired) electrons. The van der Waals surface area contributed by atoms with Gasteiger partial charge in [0.15, 0.2) is 5.75 Å². The van der Waals surface area contributed by atoms with E-state index in [1.165, 1.54) is 5.56 Å². The Morgan fingerprint density at radius 3 is 2.80 bits per heavy atom. The van der Waals surface area contributed by atoms with E-state index in [0.717, 1.165) is 61.9 Å². The number of rotatable bonds is 4. The first-order valence-corrected chi connectivity index (χ1v) is 7.65. The van der Waals surface area contributed by atoms with Gasteiger partial charge in [-0.15, -0.1) is 5.06 Å². The van der Waals surface area contributed by atoms with Crippen molar-refractivity contribution in [3.05, 3.63) is 22.2 Å². The molecule has 0 N–H and O–H groups in total. The third-order valence-corrected chi connectivity index (χ3v) is 4.45. The van der Waals surface area contributed by atoms with Gasteiger partial charge in [0.2, 0.25) is 0 Å². The predicted molar refractivity (Wildman–Crippen MR) is 79.0 cm³/mol. The second-order valence-electron chi connectivity index (χ2n) is 4.98. The maximum absolute atomic E-state index is 5.92. The van der Waals surface area contributed by atoms with Crippen molar-refractivity contribution in [2.45, 2.75) is 6.54 Å². The lowest BCUT2D eigenvalue weighted by Crippen LogP contribution is -2.41. The summed E-state index contributed by atoms with van der Waals surface area (Å²) in [7, 11) is 1.66. The van der Waals surface area contributed by atoms with Crippen molar-refractivity contribution < 1.29 is 14.3 Å². The first-order valence-electron chi connectivity index (χ1n) is 6.86. The largest absolute Gasteiger partial charge is 0.495 e. The Hall–Kier alpha value is -0.820. The van der Waals surface area contributed by atoms with Crippen LogP contribution < -0.4 is 9.57 Å². The van der Waals surface area contributed by atoms with Gasteiger partial charge in [-0.2, -0.15) is 0 Å². The Morgan fingerprint density at radius 1 is 1.25 bits per heavy atom. The van der Waals surface area contributed by atoms with Crippen LogP contribution in [0.1, 0.15) is 5.56 Å². The van der Waals surface area contributed by atoms with E-state index in [1.807, 2.05) is 11.1 Å². The van der Waals surface area contributed by atoms with E-state index in [0.29, 0.717) is 0 Å². The molecule has 2 heterocycles. The van der Waals surface area contributed by atoms with Crippen LogP contribution in [0, 0.1) is 0 Å². The van der Waals surface area contributed by atoms with E-state index in [9.17, 15) is 0 Å². The number of hydrogen-bond donors (Lipinski definition) is 0. The summed E-state index contributed by atoms with van der Waals surface area (Å²) in [5.41, 5.74) is 1.19. The quantitative estimate of drug-likeness (QED) is 0.834. The molecule has 110 valence electrons. The van der Waals surface area contributed by atoms with Gasteiger partial charge >= 0.3 is 0 Å². The molecule has 1 saturated heterocycles. The zero-order valence-electron chi connectivity index (χ0n) is 11.6. The fraction of sp³-hybridized carbons (Fsp3) is 0.571. The summed E-state index contributed by atoms with van der Waals surface area (Å²) >= 11 is 3.54. The van der Waals surface area contributed by atoms with Crippen LogP contribution in [0.25, 0.3) is 0 Å². The standard InChI is InChI=1S/C14H19BrN2O3/c1-18-12-3-2-11-10-17(20-14(11)13(12)15)5-4-16-6-8-19-9-7-16/h2-3H,4-10H2,1H3. The van der Waals surface area contributed by atoms with Gasteiger partial charge in [0.1, 0.15) is 10.2 Å². The van der Waals surface area contributed by atoms with Gasteiger partial charge in [-0.05, 0) is 22.0 Å². The van der Waals surface area contributed by atoms with E-state index >= 15 is 0 Å². The van der Waals surface area contributed by atoms with E-state index < -0.39 is 0 Å². The monoisotopic (exact) mass is 342 g/mol. The Balaban J connectivity index is 1.58. The molecule has 0 saturated carbocycles. The van der Waals surface area contributed by atoms with Gasteiger partial charge in [-0.1, -0.05) is 6.07 Å². The molecule has 2 aliphatic heterocycles. The second-order valence-corrected chi connectivity index (χ2v) is 5.77. The van der Waals surface area contributed by atoms with Crippen molar-refractivity contribution in [2.24, 2.45) is 0 Å². The fourth-order valence-electron chi connectivity index (χ4n) is 2.51. The minimum atomic E-state index is 0.804. The first kappa shape index (κ1) is 14.1. The number of methoxy groups -OCH3 is 1. The summed E-state index contributed by atoms with van der Waals surface area (Å²) in [4.78, 5) is 8.33. The third kappa shape index (κ3) is 2.93. The van der Waals surface area contributed by atoms with Crippen molar-refractivity contribution in [1.82, 2.24) is 9.96 Å². The molecule has 3 rings (SSSR count). The number of halogens is 1. The van der Waals surface area contributed by atoms with Crippen LogP contribution in [0.3, 0.4) is 0 Å². The lowest BCUT2D eigenvalue weighted by Gasteiger charge is -2.27. The van der Waals surface area contributed by atoms with Gasteiger partial charge in [0.25, 0.3) is 0 Å². The summed E-state index contributed by atoms with van der Waals surface area (Å²) < 4.78 is 11.5. The van der Waals surface area contributed by atoms with Gasteiger partial charge in [-0.3, -0.25) is 4.90 Å². The third-order valence-electron chi connectivity index (χ3n) is 3.70. The molecule has 20 heavy (non-hydrogen) atoms. The van der Waals surface area contributed by atoms with Crippen molar-refractivity contribution in [3.63, 3.8) is 0 Å². The molecule has 6 heteroatoms.